The summed E-state index contributed by atoms with van der Waals surface area (Å²) < 4.78 is 0. The van der Waals surface area contributed by atoms with E-state index in [1.165, 1.54) is 12.0 Å². The van der Waals surface area contributed by atoms with Gasteiger partial charge in [-0.3, -0.25) is 24.6 Å². The van der Waals surface area contributed by atoms with E-state index >= 15 is 0 Å². The van der Waals surface area contributed by atoms with E-state index in [1.807, 2.05) is 12.1 Å². The van der Waals surface area contributed by atoms with Crippen LogP contribution >= 0.6 is 0 Å². The Balaban J connectivity index is 1.16. The Kier molecular flexibility index (Phi) is 5.26. The molecule has 3 N–H and O–H groups in total. The molecule has 7 nitrogen and oxygen atoms in total. The van der Waals surface area contributed by atoms with Gasteiger partial charge in [0.05, 0.1) is 0 Å². The van der Waals surface area contributed by atoms with Gasteiger partial charge in [0, 0.05) is 50.1 Å². The molecule has 3 heterocycles. The molecule has 2 bridgehead atoms. The molecule has 3 fully saturated rings. The number of nitrogens with two attached hydrogens (primary N) is 1. The lowest BCUT2D eigenvalue weighted by atomic mass is 9.87. The molecular weight excluding hydrogens is 428 g/mol. The molecule has 0 aromatic heterocycles. The van der Waals surface area contributed by atoms with Crippen molar-refractivity contribution in [1.82, 2.24) is 15.1 Å². The Morgan fingerprint density at radius 2 is 1.79 bits per heavy atom. The second-order valence-electron chi connectivity index (χ2n) is 10.4. The van der Waals surface area contributed by atoms with Crippen molar-refractivity contribution < 1.29 is 14.4 Å². The molecule has 0 spiro atoms. The van der Waals surface area contributed by atoms with Crippen molar-refractivity contribution in [3.05, 3.63) is 70.8 Å². The van der Waals surface area contributed by atoms with Gasteiger partial charge in [0.25, 0.3) is 5.91 Å². The first-order valence-electron chi connectivity index (χ1n) is 12.3. The number of hydrogen-bond acceptors (Lipinski definition) is 5. The number of likely N-dealkylation sites (tertiary alicyclic amines) is 1. The van der Waals surface area contributed by atoms with Crippen LogP contribution in [0.1, 0.15) is 52.2 Å². The van der Waals surface area contributed by atoms with Gasteiger partial charge in [-0.15, -0.1) is 0 Å². The van der Waals surface area contributed by atoms with Crippen molar-refractivity contribution in [2.24, 2.45) is 17.6 Å². The van der Waals surface area contributed by atoms with Crippen molar-refractivity contribution in [2.75, 3.05) is 13.1 Å². The van der Waals surface area contributed by atoms with Crippen LogP contribution in [0.25, 0.3) is 0 Å². The number of carbonyl (C=O) groups excluding carboxylic acids is 3. The number of nitrogens with one attached hydrogen (secondary N) is 1. The Hall–Kier alpha value is -3.03. The van der Waals surface area contributed by atoms with Gasteiger partial charge >= 0.3 is 0 Å². The second-order valence-corrected chi connectivity index (χ2v) is 10.4. The number of carbonyl (C=O) groups is 3. The van der Waals surface area contributed by atoms with Crippen LogP contribution in [0.4, 0.5) is 0 Å². The highest BCUT2D eigenvalue weighted by atomic mass is 16.2. The maximum Gasteiger partial charge on any atom is 0.255 e. The number of piperidine rings is 2. The summed E-state index contributed by atoms with van der Waals surface area (Å²) in [6.45, 7) is 3.20. The molecule has 7 heteroatoms. The number of benzene rings is 2. The molecule has 2 aromatic rings. The zero-order valence-corrected chi connectivity index (χ0v) is 19.2. The van der Waals surface area contributed by atoms with Crippen molar-refractivity contribution in [1.29, 1.82) is 0 Å². The topological polar surface area (TPSA) is 95.7 Å². The van der Waals surface area contributed by atoms with E-state index in [2.05, 4.69) is 46.6 Å². The molecule has 4 aliphatic rings. The summed E-state index contributed by atoms with van der Waals surface area (Å²) in [5, 5.41) is 2.36. The highest BCUT2D eigenvalue weighted by Gasteiger charge is 2.46. The maximum absolute atomic E-state index is 13.2. The number of rotatable bonds is 4. The van der Waals surface area contributed by atoms with Gasteiger partial charge in [-0.1, -0.05) is 42.5 Å². The molecule has 3 amide bonds. The molecule has 3 aliphatic heterocycles. The largest absolute Gasteiger partial charge is 0.327 e. The van der Waals surface area contributed by atoms with Crippen molar-refractivity contribution in [2.45, 2.75) is 50.4 Å². The molecule has 1 unspecified atom stereocenters. The smallest absolute Gasteiger partial charge is 0.255 e. The first-order valence-corrected chi connectivity index (χ1v) is 12.3. The second kappa shape index (κ2) is 8.32. The van der Waals surface area contributed by atoms with Crippen molar-refractivity contribution in [3.8, 4) is 0 Å². The van der Waals surface area contributed by atoms with Gasteiger partial charge < -0.3 is 10.6 Å². The van der Waals surface area contributed by atoms with Gasteiger partial charge in [-0.2, -0.15) is 0 Å². The number of amides is 3. The van der Waals surface area contributed by atoms with Crippen molar-refractivity contribution in [3.63, 3.8) is 0 Å². The van der Waals surface area contributed by atoms with E-state index < -0.39 is 6.04 Å². The minimum atomic E-state index is -0.574. The first kappa shape index (κ1) is 21.5. The number of fused-ring (bicyclic) bond motifs is 3. The Bertz CT molecular complexity index is 1150. The minimum Gasteiger partial charge on any atom is -0.327 e. The molecule has 6 rings (SSSR count). The van der Waals surface area contributed by atoms with E-state index in [4.69, 9.17) is 5.73 Å². The molecule has 1 aliphatic carbocycles. The minimum absolute atomic E-state index is 0.115. The lowest BCUT2D eigenvalue weighted by molar-refractivity contribution is -0.136. The molecular formula is C27H30N4O3. The average Bonchev–Trinajstić information content (AvgIpc) is 3.27. The van der Waals surface area contributed by atoms with Crippen LogP contribution in [0, 0.1) is 11.8 Å². The summed E-state index contributed by atoms with van der Waals surface area (Å²) >= 11 is 0. The summed E-state index contributed by atoms with van der Waals surface area (Å²) in [5.74, 6) is 0.692. The molecule has 0 radical (unpaired) electrons. The highest BCUT2D eigenvalue weighted by Crippen LogP contribution is 2.46. The van der Waals surface area contributed by atoms with Crippen LogP contribution < -0.4 is 11.1 Å². The van der Waals surface area contributed by atoms with E-state index in [0.717, 1.165) is 30.8 Å². The fourth-order valence-electron chi connectivity index (χ4n) is 6.68. The van der Waals surface area contributed by atoms with E-state index in [9.17, 15) is 14.4 Å². The van der Waals surface area contributed by atoms with Crippen LogP contribution in [0.15, 0.2) is 48.5 Å². The third-order valence-electron chi connectivity index (χ3n) is 8.24. The van der Waals surface area contributed by atoms with Gasteiger partial charge in [0.1, 0.15) is 6.04 Å². The zero-order chi connectivity index (χ0) is 23.4. The molecule has 1 saturated carbocycles. The molecule has 176 valence electrons. The summed E-state index contributed by atoms with van der Waals surface area (Å²) in [5.41, 5.74) is 10.8. The normalized spacial score (nSPS) is 31.0. The Labute approximate surface area is 199 Å². The lowest BCUT2D eigenvalue weighted by Crippen LogP contribution is -2.52. The zero-order valence-electron chi connectivity index (χ0n) is 19.2. The van der Waals surface area contributed by atoms with Crippen LogP contribution in [0.5, 0.6) is 0 Å². The third kappa shape index (κ3) is 3.63. The molecule has 5 atom stereocenters. The van der Waals surface area contributed by atoms with E-state index in [-0.39, 0.29) is 30.2 Å². The van der Waals surface area contributed by atoms with Crippen LogP contribution in [-0.4, -0.2) is 52.7 Å². The van der Waals surface area contributed by atoms with Crippen LogP contribution in [0.2, 0.25) is 0 Å². The van der Waals surface area contributed by atoms with Gasteiger partial charge in [-0.25, -0.2) is 0 Å². The quantitative estimate of drug-likeness (QED) is 0.684. The lowest BCUT2D eigenvalue weighted by Gasteiger charge is -2.32. The van der Waals surface area contributed by atoms with Crippen LogP contribution in [-0.2, 0) is 22.7 Å². The predicted octanol–water partition coefficient (Wildman–Crippen LogP) is 2.01. The fourth-order valence-corrected chi connectivity index (χ4v) is 6.68. The summed E-state index contributed by atoms with van der Waals surface area (Å²) in [4.78, 5) is 41.0. The van der Waals surface area contributed by atoms with E-state index in [0.29, 0.717) is 36.3 Å². The standard InChI is InChI=1S/C27H30N4O3/c28-25-20-11-19(24(25)17-4-2-1-3-5-17)13-30(14-20)12-16-6-7-18-15-31(27(34)21(18)10-16)22-8-9-23(32)29-26(22)33/h1-7,10,19-20,22,24-25H,8-9,11-15,28H2,(H,29,32,33)/t19-,20+,22?,24-,25-/m0/s1. The van der Waals surface area contributed by atoms with Crippen molar-refractivity contribution >= 4 is 17.7 Å². The molecule has 2 saturated heterocycles. The highest BCUT2D eigenvalue weighted by molar-refractivity contribution is 6.05. The van der Waals surface area contributed by atoms with Gasteiger partial charge in [-0.05, 0) is 47.4 Å². The van der Waals surface area contributed by atoms with Crippen LogP contribution in [0.3, 0.4) is 0 Å². The van der Waals surface area contributed by atoms with Gasteiger partial charge in [0.15, 0.2) is 0 Å². The summed E-state index contributed by atoms with van der Waals surface area (Å²) in [7, 11) is 0. The van der Waals surface area contributed by atoms with E-state index in [1.54, 1.807) is 4.90 Å². The first-order chi connectivity index (χ1) is 16.5. The third-order valence-corrected chi connectivity index (χ3v) is 8.24. The predicted molar refractivity (Wildman–Crippen MR) is 127 cm³/mol. The summed E-state index contributed by atoms with van der Waals surface area (Å²) in [6.07, 6.45) is 1.84. The fraction of sp³-hybridized carbons (Fsp3) is 0.444. The number of nitrogens with zero attached hydrogens (tertiary/aromatic N) is 2. The Morgan fingerprint density at radius 3 is 2.59 bits per heavy atom. The van der Waals surface area contributed by atoms with Gasteiger partial charge in [0.2, 0.25) is 11.8 Å². The monoisotopic (exact) mass is 458 g/mol. The summed E-state index contributed by atoms with van der Waals surface area (Å²) in [6, 6.07) is 16.4. The molecule has 34 heavy (non-hydrogen) atoms. The maximum atomic E-state index is 13.2. The SMILES string of the molecule is N[C@H]1[C@@H]2C[C@@H](CN(Cc3ccc4c(c3)C(=O)N(C3CCC(=O)NC3=O)C4)C2)[C@@H]1c1ccccc1. The average molecular weight is 459 g/mol. The Morgan fingerprint density at radius 1 is 1.00 bits per heavy atom. The number of hydrogen-bond donors (Lipinski definition) is 2. The number of imide groups is 1. The molecule has 2 aromatic carbocycles.